The van der Waals surface area contributed by atoms with Gasteiger partial charge in [-0.05, 0) is 5.56 Å². The summed E-state index contributed by atoms with van der Waals surface area (Å²) in [5.74, 6) is -1.16. The quantitative estimate of drug-likeness (QED) is 0.799. The highest BCUT2D eigenvalue weighted by Crippen LogP contribution is 2.17. The fourth-order valence-corrected chi connectivity index (χ4v) is 2.23. The maximum atomic E-state index is 11.7. The molecule has 5 nitrogen and oxygen atoms in total. The Morgan fingerprint density at radius 2 is 2.11 bits per heavy atom. The van der Waals surface area contributed by atoms with Crippen molar-refractivity contribution >= 4 is 11.9 Å². The molecule has 18 heavy (non-hydrogen) atoms. The van der Waals surface area contributed by atoms with Crippen LogP contribution in [0.15, 0.2) is 30.3 Å². The number of carboxylic acids is 1. The molecule has 1 aromatic rings. The van der Waals surface area contributed by atoms with Gasteiger partial charge in [-0.15, -0.1) is 0 Å². The number of aliphatic carboxylic acids is 1. The summed E-state index contributed by atoms with van der Waals surface area (Å²) in [7, 11) is 0. The van der Waals surface area contributed by atoms with Gasteiger partial charge < -0.3 is 15.7 Å². The van der Waals surface area contributed by atoms with E-state index in [1.54, 1.807) is 0 Å². The van der Waals surface area contributed by atoms with Crippen LogP contribution in [0.3, 0.4) is 0 Å². The largest absolute Gasteiger partial charge is 0.480 e. The first-order valence-corrected chi connectivity index (χ1v) is 5.89. The van der Waals surface area contributed by atoms with E-state index in [0.717, 1.165) is 5.56 Å². The van der Waals surface area contributed by atoms with Gasteiger partial charge in [0.05, 0.1) is 0 Å². The van der Waals surface area contributed by atoms with Gasteiger partial charge in [-0.3, -0.25) is 4.79 Å². The number of nitrogens with zero attached hydrogens (tertiary/aromatic N) is 1. The third kappa shape index (κ3) is 2.68. The molecule has 3 N–H and O–H groups in total. The zero-order valence-electron chi connectivity index (χ0n) is 9.95. The Morgan fingerprint density at radius 1 is 1.44 bits per heavy atom. The van der Waals surface area contributed by atoms with Crippen molar-refractivity contribution in [1.29, 1.82) is 0 Å². The van der Waals surface area contributed by atoms with E-state index in [4.69, 9.17) is 5.73 Å². The van der Waals surface area contributed by atoms with Gasteiger partial charge >= 0.3 is 5.97 Å². The molecule has 0 bridgehead atoms. The summed E-state index contributed by atoms with van der Waals surface area (Å²) in [5, 5.41) is 9.26. The van der Waals surface area contributed by atoms with Crippen LogP contribution in [-0.4, -0.2) is 40.5 Å². The number of nitrogens with two attached hydrogens (primary N) is 1. The number of rotatable bonds is 4. The summed E-state index contributed by atoms with van der Waals surface area (Å²) in [6.07, 6.45) is 0.549. The Labute approximate surface area is 105 Å². The predicted octanol–water partition coefficient (Wildman–Crippen LogP) is 0.242. The van der Waals surface area contributed by atoms with Crippen molar-refractivity contribution in [3.8, 4) is 0 Å². The van der Waals surface area contributed by atoms with Crippen LogP contribution in [0.4, 0.5) is 0 Å². The van der Waals surface area contributed by atoms with Crippen molar-refractivity contribution in [3.63, 3.8) is 0 Å². The van der Waals surface area contributed by atoms with Crippen LogP contribution in [0.5, 0.6) is 0 Å². The summed E-state index contributed by atoms with van der Waals surface area (Å²) in [6, 6.07) is 8.21. The van der Waals surface area contributed by atoms with Gasteiger partial charge in [0.2, 0.25) is 5.91 Å². The molecular weight excluding hydrogens is 232 g/mol. The van der Waals surface area contributed by atoms with E-state index in [1.165, 1.54) is 4.90 Å². The minimum atomic E-state index is -0.985. The molecule has 1 aromatic carbocycles. The van der Waals surface area contributed by atoms with Crippen molar-refractivity contribution in [3.05, 3.63) is 35.9 Å². The molecule has 0 spiro atoms. The third-order valence-electron chi connectivity index (χ3n) is 3.12. The van der Waals surface area contributed by atoms with Crippen LogP contribution < -0.4 is 5.73 Å². The Kier molecular flexibility index (Phi) is 3.62. The molecule has 0 aliphatic carbocycles. The van der Waals surface area contributed by atoms with Crippen molar-refractivity contribution in [2.45, 2.75) is 24.9 Å². The molecule has 2 rings (SSSR count). The van der Waals surface area contributed by atoms with E-state index < -0.39 is 12.0 Å². The molecule has 1 aliphatic heterocycles. The summed E-state index contributed by atoms with van der Waals surface area (Å²) in [4.78, 5) is 24.4. The van der Waals surface area contributed by atoms with Crippen molar-refractivity contribution < 1.29 is 14.7 Å². The summed E-state index contributed by atoms with van der Waals surface area (Å²) in [5.41, 5.74) is 6.59. The second-order valence-corrected chi connectivity index (χ2v) is 4.55. The number of amides is 1. The molecule has 1 amide bonds. The zero-order chi connectivity index (χ0) is 13.1. The normalized spacial score (nSPS) is 21.1. The first kappa shape index (κ1) is 12.6. The van der Waals surface area contributed by atoms with Crippen molar-refractivity contribution in [2.75, 3.05) is 6.54 Å². The smallest absolute Gasteiger partial charge is 0.326 e. The fraction of sp³-hybridized carbons (Fsp3) is 0.385. The van der Waals surface area contributed by atoms with Gasteiger partial charge in [0.1, 0.15) is 6.04 Å². The Morgan fingerprint density at radius 3 is 2.61 bits per heavy atom. The SMILES string of the molecule is NC1CC(=O)N([C@@H](Cc2ccccc2)C(=O)O)C1. The van der Waals surface area contributed by atoms with Gasteiger partial charge in [-0.1, -0.05) is 30.3 Å². The van der Waals surface area contributed by atoms with Crippen molar-refractivity contribution in [1.82, 2.24) is 4.90 Å². The Bertz CT molecular complexity index is 447. The fourth-order valence-electron chi connectivity index (χ4n) is 2.23. The summed E-state index contributed by atoms with van der Waals surface area (Å²) < 4.78 is 0. The molecule has 1 aliphatic rings. The lowest BCUT2D eigenvalue weighted by Crippen LogP contribution is -2.44. The van der Waals surface area contributed by atoms with Crippen LogP contribution in [0.1, 0.15) is 12.0 Å². The molecule has 0 radical (unpaired) electrons. The molecule has 1 saturated heterocycles. The molecule has 0 aromatic heterocycles. The predicted molar refractivity (Wildman–Crippen MR) is 65.9 cm³/mol. The van der Waals surface area contributed by atoms with E-state index in [0.29, 0.717) is 13.0 Å². The minimum absolute atomic E-state index is 0.175. The highest BCUT2D eigenvalue weighted by atomic mass is 16.4. The lowest BCUT2D eigenvalue weighted by molar-refractivity contribution is -0.148. The molecule has 2 atom stereocenters. The van der Waals surface area contributed by atoms with Crippen LogP contribution in [0, 0.1) is 0 Å². The monoisotopic (exact) mass is 248 g/mol. The molecule has 96 valence electrons. The highest BCUT2D eigenvalue weighted by Gasteiger charge is 2.36. The number of likely N-dealkylation sites (tertiary alicyclic amines) is 1. The molecule has 5 heteroatoms. The van der Waals surface area contributed by atoms with Crippen molar-refractivity contribution in [2.24, 2.45) is 5.73 Å². The highest BCUT2D eigenvalue weighted by molar-refractivity contribution is 5.85. The van der Waals surface area contributed by atoms with Crippen LogP contribution in [0.2, 0.25) is 0 Å². The average molecular weight is 248 g/mol. The number of carboxylic acid groups (broad SMARTS) is 1. The van der Waals surface area contributed by atoms with Gasteiger partial charge in [-0.2, -0.15) is 0 Å². The first-order chi connectivity index (χ1) is 8.58. The van der Waals surface area contributed by atoms with E-state index in [-0.39, 0.29) is 18.4 Å². The van der Waals surface area contributed by atoms with Crippen LogP contribution >= 0.6 is 0 Å². The van der Waals surface area contributed by atoms with E-state index >= 15 is 0 Å². The van der Waals surface area contributed by atoms with Gasteiger partial charge in [-0.25, -0.2) is 4.79 Å². The number of hydrogen-bond donors (Lipinski definition) is 2. The number of carbonyl (C=O) groups is 2. The Balaban J connectivity index is 2.14. The molecular formula is C13H16N2O3. The lowest BCUT2D eigenvalue weighted by atomic mass is 10.1. The molecule has 1 fully saturated rings. The zero-order valence-corrected chi connectivity index (χ0v) is 9.95. The second kappa shape index (κ2) is 5.18. The van der Waals surface area contributed by atoms with Gasteiger partial charge in [0, 0.05) is 25.4 Å². The Hall–Kier alpha value is -1.88. The van der Waals surface area contributed by atoms with E-state index in [1.807, 2.05) is 30.3 Å². The maximum Gasteiger partial charge on any atom is 0.326 e. The average Bonchev–Trinajstić information content (AvgIpc) is 2.66. The number of benzene rings is 1. The summed E-state index contributed by atoms with van der Waals surface area (Å²) in [6.45, 7) is 0.322. The van der Waals surface area contributed by atoms with E-state index in [2.05, 4.69) is 0 Å². The minimum Gasteiger partial charge on any atom is -0.480 e. The maximum absolute atomic E-state index is 11.7. The molecule has 1 unspecified atom stereocenters. The lowest BCUT2D eigenvalue weighted by Gasteiger charge is -2.24. The topological polar surface area (TPSA) is 83.6 Å². The second-order valence-electron chi connectivity index (χ2n) is 4.55. The standard InChI is InChI=1S/C13H16N2O3/c14-10-7-12(16)15(8-10)11(13(17)18)6-9-4-2-1-3-5-9/h1-5,10-11H,6-8,14H2,(H,17,18)/t10?,11-/m0/s1. The third-order valence-corrected chi connectivity index (χ3v) is 3.12. The first-order valence-electron chi connectivity index (χ1n) is 5.89. The summed E-state index contributed by atoms with van der Waals surface area (Å²) >= 11 is 0. The molecule has 0 saturated carbocycles. The number of carbonyl (C=O) groups excluding carboxylic acids is 1. The van der Waals surface area contributed by atoms with Crippen LogP contribution in [0.25, 0.3) is 0 Å². The number of hydrogen-bond acceptors (Lipinski definition) is 3. The molecule has 1 heterocycles. The van der Waals surface area contributed by atoms with Gasteiger partial charge in [0.25, 0.3) is 0 Å². The van der Waals surface area contributed by atoms with Crippen LogP contribution in [-0.2, 0) is 16.0 Å². The van der Waals surface area contributed by atoms with E-state index in [9.17, 15) is 14.7 Å². The van der Waals surface area contributed by atoms with Gasteiger partial charge in [0.15, 0.2) is 0 Å².